The number of para-hydroxylation sites is 2. The Balaban J connectivity index is 1.76. The van der Waals surface area contributed by atoms with Crippen molar-refractivity contribution in [3.8, 4) is 5.75 Å². The molecule has 0 saturated carbocycles. The van der Waals surface area contributed by atoms with Gasteiger partial charge >= 0.3 is 0 Å². The van der Waals surface area contributed by atoms with Crippen molar-refractivity contribution >= 4 is 17.5 Å². The van der Waals surface area contributed by atoms with Gasteiger partial charge in [-0.05, 0) is 43.9 Å². The molecule has 0 aliphatic carbocycles. The van der Waals surface area contributed by atoms with Gasteiger partial charge in [0.25, 0.3) is 5.91 Å². The van der Waals surface area contributed by atoms with Crippen molar-refractivity contribution in [2.24, 2.45) is 5.92 Å². The molecule has 1 fully saturated rings. The highest BCUT2D eigenvalue weighted by atomic mass is 16.5. The highest BCUT2D eigenvalue weighted by molar-refractivity contribution is 6.03. The number of piperidine rings is 1. The number of amides is 1. The molecule has 3 rings (SSSR count). The minimum absolute atomic E-state index is 0.263. The highest BCUT2D eigenvalue weighted by Gasteiger charge is 2.20. The van der Waals surface area contributed by atoms with E-state index in [2.05, 4.69) is 27.1 Å². The summed E-state index contributed by atoms with van der Waals surface area (Å²) in [4.78, 5) is 23.6. The van der Waals surface area contributed by atoms with Crippen LogP contribution in [0.5, 0.6) is 5.75 Å². The normalized spacial score (nSPS) is 17.2. The van der Waals surface area contributed by atoms with Gasteiger partial charge in [-0.25, -0.2) is 9.97 Å². The first kappa shape index (κ1) is 17.2. The molecule has 6 nitrogen and oxygen atoms in total. The van der Waals surface area contributed by atoms with Crippen LogP contribution in [0.4, 0.5) is 11.6 Å². The molecule has 6 heteroatoms. The summed E-state index contributed by atoms with van der Waals surface area (Å²) in [6.45, 7) is 6.54. The predicted octanol–water partition coefficient (Wildman–Crippen LogP) is 3.36. The number of carbonyl (C=O) groups is 1. The van der Waals surface area contributed by atoms with Crippen molar-refractivity contribution in [2.75, 3.05) is 29.9 Å². The first-order valence-electron chi connectivity index (χ1n) is 8.78. The molecule has 1 aliphatic heterocycles. The fraction of sp³-hybridized carbons (Fsp3) is 0.421. The lowest BCUT2D eigenvalue weighted by Gasteiger charge is -2.30. The molecule has 1 N–H and O–H groups in total. The maximum Gasteiger partial charge on any atom is 0.274 e. The summed E-state index contributed by atoms with van der Waals surface area (Å²) in [7, 11) is 0. The Morgan fingerprint density at radius 2 is 2.20 bits per heavy atom. The lowest BCUT2D eigenvalue weighted by Crippen LogP contribution is -2.35. The molecule has 1 saturated heterocycles. The van der Waals surface area contributed by atoms with E-state index in [9.17, 15) is 4.79 Å². The third-order valence-corrected chi connectivity index (χ3v) is 4.25. The number of hydrogen-bond acceptors (Lipinski definition) is 5. The number of rotatable bonds is 5. The Hall–Kier alpha value is -2.63. The van der Waals surface area contributed by atoms with E-state index in [0.717, 1.165) is 19.5 Å². The Kier molecular flexibility index (Phi) is 5.48. The third kappa shape index (κ3) is 4.26. The summed E-state index contributed by atoms with van der Waals surface area (Å²) in [5.74, 6) is 1.63. The van der Waals surface area contributed by atoms with E-state index in [1.54, 1.807) is 12.3 Å². The molecule has 1 aromatic carbocycles. The van der Waals surface area contributed by atoms with Crippen LogP contribution in [0.1, 0.15) is 37.2 Å². The van der Waals surface area contributed by atoms with Gasteiger partial charge in [0.1, 0.15) is 11.4 Å². The van der Waals surface area contributed by atoms with Crippen LogP contribution in [-0.2, 0) is 0 Å². The molecular formula is C19H24N4O2. The van der Waals surface area contributed by atoms with E-state index in [4.69, 9.17) is 4.74 Å². The zero-order chi connectivity index (χ0) is 17.6. The molecule has 1 atom stereocenters. The number of nitrogens with zero attached hydrogens (tertiary/aromatic N) is 3. The van der Waals surface area contributed by atoms with Gasteiger partial charge in [-0.2, -0.15) is 0 Å². The standard InChI is InChI=1S/C19H24N4O2/c1-3-25-17-9-5-4-8-15(17)21-18(24)16-10-11-20-19(22-16)23-12-6-7-14(2)13-23/h4-5,8-11,14H,3,6-7,12-13H2,1-2H3,(H,21,24). The lowest BCUT2D eigenvalue weighted by atomic mass is 10.0. The van der Waals surface area contributed by atoms with Gasteiger partial charge in [-0.3, -0.25) is 4.79 Å². The molecule has 25 heavy (non-hydrogen) atoms. The van der Waals surface area contributed by atoms with Crippen LogP contribution in [0.15, 0.2) is 36.5 Å². The lowest BCUT2D eigenvalue weighted by molar-refractivity contribution is 0.102. The Morgan fingerprint density at radius 1 is 1.36 bits per heavy atom. The Bertz CT molecular complexity index is 735. The number of aromatic nitrogens is 2. The fourth-order valence-corrected chi connectivity index (χ4v) is 3.04. The molecule has 1 aromatic heterocycles. The number of hydrogen-bond donors (Lipinski definition) is 1. The number of nitrogens with one attached hydrogen (secondary N) is 1. The Labute approximate surface area is 148 Å². The maximum atomic E-state index is 12.6. The molecule has 0 radical (unpaired) electrons. The number of anilines is 2. The van der Waals surface area contributed by atoms with E-state index >= 15 is 0 Å². The van der Waals surface area contributed by atoms with Crippen molar-refractivity contribution in [1.82, 2.24) is 9.97 Å². The van der Waals surface area contributed by atoms with Crippen LogP contribution >= 0.6 is 0 Å². The van der Waals surface area contributed by atoms with E-state index in [1.807, 2.05) is 31.2 Å². The summed E-state index contributed by atoms with van der Waals surface area (Å²) in [5, 5.41) is 2.88. The van der Waals surface area contributed by atoms with E-state index < -0.39 is 0 Å². The zero-order valence-electron chi connectivity index (χ0n) is 14.7. The number of carbonyl (C=O) groups excluding carboxylic acids is 1. The van der Waals surface area contributed by atoms with Gasteiger partial charge < -0.3 is 15.0 Å². The smallest absolute Gasteiger partial charge is 0.274 e. The second kappa shape index (κ2) is 7.96. The zero-order valence-corrected chi connectivity index (χ0v) is 14.7. The first-order chi connectivity index (χ1) is 12.2. The molecule has 1 unspecified atom stereocenters. The minimum atomic E-state index is -0.263. The van der Waals surface area contributed by atoms with E-state index in [1.165, 1.54) is 6.42 Å². The van der Waals surface area contributed by atoms with Crippen molar-refractivity contribution in [3.05, 3.63) is 42.2 Å². The molecule has 132 valence electrons. The Morgan fingerprint density at radius 3 is 3.00 bits per heavy atom. The second-order valence-corrected chi connectivity index (χ2v) is 6.32. The van der Waals surface area contributed by atoms with Crippen molar-refractivity contribution in [1.29, 1.82) is 0 Å². The van der Waals surface area contributed by atoms with Gasteiger partial charge in [0.15, 0.2) is 0 Å². The average molecular weight is 340 g/mol. The predicted molar refractivity (Wildman–Crippen MR) is 98.2 cm³/mol. The molecule has 0 bridgehead atoms. The molecular weight excluding hydrogens is 316 g/mol. The van der Waals surface area contributed by atoms with E-state index in [-0.39, 0.29) is 5.91 Å². The number of ether oxygens (including phenoxy) is 1. The van der Waals surface area contributed by atoms with Gasteiger partial charge in [-0.1, -0.05) is 19.1 Å². The van der Waals surface area contributed by atoms with Crippen LogP contribution in [0.25, 0.3) is 0 Å². The van der Waals surface area contributed by atoms with Crippen molar-refractivity contribution in [2.45, 2.75) is 26.7 Å². The molecule has 1 aliphatic rings. The molecule has 2 aromatic rings. The topological polar surface area (TPSA) is 67.3 Å². The van der Waals surface area contributed by atoms with Crippen LogP contribution < -0.4 is 15.0 Å². The summed E-state index contributed by atoms with van der Waals surface area (Å²) >= 11 is 0. The summed E-state index contributed by atoms with van der Waals surface area (Å²) in [5.41, 5.74) is 0.996. The fourth-order valence-electron chi connectivity index (χ4n) is 3.04. The van der Waals surface area contributed by atoms with E-state index in [0.29, 0.717) is 35.6 Å². The van der Waals surface area contributed by atoms with Crippen LogP contribution in [0.2, 0.25) is 0 Å². The number of benzene rings is 1. The summed E-state index contributed by atoms with van der Waals surface area (Å²) in [6, 6.07) is 9.02. The van der Waals surface area contributed by atoms with Gasteiger partial charge in [0.2, 0.25) is 5.95 Å². The monoisotopic (exact) mass is 340 g/mol. The van der Waals surface area contributed by atoms with Crippen molar-refractivity contribution in [3.63, 3.8) is 0 Å². The van der Waals surface area contributed by atoms with Crippen molar-refractivity contribution < 1.29 is 9.53 Å². The van der Waals surface area contributed by atoms with Crippen LogP contribution in [0.3, 0.4) is 0 Å². The van der Waals surface area contributed by atoms with Gasteiger partial charge in [-0.15, -0.1) is 0 Å². The second-order valence-electron chi connectivity index (χ2n) is 6.32. The summed E-state index contributed by atoms with van der Waals surface area (Å²) in [6.07, 6.45) is 4.00. The average Bonchev–Trinajstić information content (AvgIpc) is 2.64. The largest absolute Gasteiger partial charge is 0.492 e. The van der Waals surface area contributed by atoms with Gasteiger partial charge in [0, 0.05) is 19.3 Å². The third-order valence-electron chi connectivity index (χ3n) is 4.25. The van der Waals surface area contributed by atoms with Crippen LogP contribution in [0, 0.1) is 5.92 Å². The maximum absolute atomic E-state index is 12.6. The highest BCUT2D eigenvalue weighted by Crippen LogP contribution is 2.24. The SMILES string of the molecule is CCOc1ccccc1NC(=O)c1ccnc(N2CCCC(C)C2)n1. The first-order valence-corrected chi connectivity index (χ1v) is 8.78. The van der Waals surface area contributed by atoms with Crippen LogP contribution in [-0.4, -0.2) is 35.6 Å². The minimum Gasteiger partial charge on any atom is -0.492 e. The quantitative estimate of drug-likeness (QED) is 0.904. The van der Waals surface area contributed by atoms with Gasteiger partial charge in [0.05, 0.1) is 12.3 Å². The molecule has 2 heterocycles. The molecule has 1 amide bonds. The summed E-state index contributed by atoms with van der Waals surface area (Å²) < 4.78 is 5.55. The molecule has 0 spiro atoms.